The molecule has 0 bridgehead atoms. The minimum atomic E-state index is 0.555. The zero-order chi connectivity index (χ0) is 10.9. The maximum Gasteiger partial charge on any atom is 0.188 e. The SMILES string of the molecule is CCNC(N)=NCCCN1CCOCC1. The van der Waals surface area contributed by atoms with E-state index in [4.69, 9.17) is 10.5 Å². The zero-order valence-corrected chi connectivity index (χ0v) is 9.54. The average Bonchev–Trinajstić information content (AvgIpc) is 2.26. The highest BCUT2D eigenvalue weighted by molar-refractivity contribution is 5.77. The smallest absolute Gasteiger partial charge is 0.188 e. The van der Waals surface area contributed by atoms with Crippen molar-refractivity contribution in [2.24, 2.45) is 10.7 Å². The minimum absolute atomic E-state index is 0.555. The van der Waals surface area contributed by atoms with Crippen molar-refractivity contribution in [3.8, 4) is 0 Å². The third-order valence-corrected chi connectivity index (χ3v) is 2.38. The van der Waals surface area contributed by atoms with E-state index in [1.807, 2.05) is 6.92 Å². The summed E-state index contributed by atoms with van der Waals surface area (Å²) in [4.78, 5) is 6.63. The second-order valence-corrected chi connectivity index (χ2v) is 3.60. The molecule has 0 aromatic heterocycles. The van der Waals surface area contributed by atoms with Crippen molar-refractivity contribution in [2.75, 3.05) is 45.9 Å². The summed E-state index contributed by atoms with van der Waals surface area (Å²) in [6.07, 6.45) is 1.06. The lowest BCUT2D eigenvalue weighted by atomic mass is 10.3. The number of hydrogen-bond donors (Lipinski definition) is 2. The highest BCUT2D eigenvalue weighted by atomic mass is 16.5. The third kappa shape index (κ3) is 5.59. The van der Waals surface area contributed by atoms with Crippen LogP contribution in [0.3, 0.4) is 0 Å². The van der Waals surface area contributed by atoms with E-state index in [1.54, 1.807) is 0 Å². The Morgan fingerprint density at radius 3 is 2.87 bits per heavy atom. The summed E-state index contributed by atoms with van der Waals surface area (Å²) < 4.78 is 5.28. The Balaban J connectivity index is 2.02. The van der Waals surface area contributed by atoms with E-state index in [-0.39, 0.29) is 0 Å². The van der Waals surface area contributed by atoms with Gasteiger partial charge in [-0.3, -0.25) is 9.89 Å². The lowest BCUT2D eigenvalue weighted by molar-refractivity contribution is 0.0377. The van der Waals surface area contributed by atoms with E-state index >= 15 is 0 Å². The fourth-order valence-corrected chi connectivity index (χ4v) is 1.56. The van der Waals surface area contributed by atoms with Gasteiger partial charge in [-0.05, 0) is 13.3 Å². The van der Waals surface area contributed by atoms with E-state index in [9.17, 15) is 0 Å². The molecular formula is C10H22N4O. The number of ether oxygens (including phenoxy) is 1. The Labute approximate surface area is 91.7 Å². The number of hydrogen-bond acceptors (Lipinski definition) is 3. The molecule has 0 aliphatic carbocycles. The summed E-state index contributed by atoms with van der Waals surface area (Å²) in [7, 11) is 0. The van der Waals surface area contributed by atoms with Gasteiger partial charge in [-0.1, -0.05) is 0 Å². The second-order valence-electron chi connectivity index (χ2n) is 3.60. The van der Waals surface area contributed by atoms with E-state index in [1.165, 1.54) is 0 Å². The maximum absolute atomic E-state index is 5.61. The van der Waals surface area contributed by atoms with Crippen LogP contribution in [-0.4, -0.2) is 56.8 Å². The van der Waals surface area contributed by atoms with Crippen LogP contribution in [0.4, 0.5) is 0 Å². The van der Waals surface area contributed by atoms with Gasteiger partial charge in [0.15, 0.2) is 5.96 Å². The summed E-state index contributed by atoms with van der Waals surface area (Å²) in [5.41, 5.74) is 5.61. The fraction of sp³-hybridized carbons (Fsp3) is 0.900. The number of nitrogens with one attached hydrogen (secondary N) is 1. The molecule has 1 fully saturated rings. The first-order valence-electron chi connectivity index (χ1n) is 5.67. The molecule has 0 spiro atoms. The van der Waals surface area contributed by atoms with Gasteiger partial charge in [0.25, 0.3) is 0 Å². The molecule has 0 atom stereocenters. The Morgan fingerprint density at radius 1 is 1.47 bits per heavy atom. The highest BCUT2D eigenvalue weighted by Gasteiger charge is 2.08. The number of rotatable bonds is 5. The molecule has 0 aromatic carbocycles. The van der Waals surface area contributed by atoms with Crippen LogP contribution in [0.15, 0.2) is 4.99 Å². The van der Waals surface area contributed by atoms with Crippen LogP contribution in [-0.2, 0) is 4.74 Å². The summed E-state index contributed by atoms with van der Waals surface area (Å²) in [5, 5.41) is 2.98. The largest absolute Gasteiger partial charge is 0.379 e. The first-order chi connectivity index (χ1) is 7.33. The number of guanidine groups is 1. The van der Waals surface area contributed by atoms with Crippen LogP contribution in [0.2, 0.25) is 0 Å². The molecule has 5 nitrogen and oxygen atoms in total. The molecule has 5 heteroatoms. The Kier molecular flexibility index (Phi) is 6.11. The Hall–Kier alpha value is -0.810. The van der Waals surface area contributed by atoms with Crippen LogP contribution in [0, 0.1) is 0 Å². The maximum atomic E-state index is 5.61. The molecule has 1 aliphatic heterocycles. The quantitative estimate of drug-likeness (QED) is 0.372. The topological polar surface area (TPSA) is 62.9 Å². The Morgan fingerprint density at radius 2 is 2.20 bits per heavy atom. The average molecular weight is 214 g/mol. The zero-order valence-electron chi connectivity index (χ0n) is 9.54. The molecular weight excluding hydrogens is 192 g/mol. The van der Waals surface area contributed by atoms with E-state index in [0.717, 1.165) is 52.4 Å². The summed E-state index contributed by atoms with van der Waals surface area (Å²) >= 11 is 0. The highest BCUT2D eigenvalue weighted by Crippen LogP contribution is 1.97. The molecule has 1 saturated heterocycles. The Bertz CT molecular complexity index is 190. The van der Waals surface area contributed by atoms with Crippen LogP contribution < -0.4 is 11.1 Å². The van der Waals surface area contributed by atoms with Crippen molar-refractivity contribution in [3.63, 3.8) is 0 Å². The normalized spacial score (nSPS) is 19.1. The standard InChI is InChI=1S/C10H22N4O/c1-2-12-10(11)13-4-3-5-14-6-8-15-9-7-14/h2-9H2,1H3,(H3,11,12,13). The van der Waals surface area contributed by atoms with Gasteiger partial charge in [0.2, 0.25) is 0 Å². The van der Waals surface area contributed by atoms with Gasteiger partial charge in [0, 0.05) is 32.7 Å². The van der Waals surface area contributed by atoms with Gasteiger partial charge in [0.1, 0.15) is 0 Å². The van der Waals surface area contributed by atoms with Crippen LogP contribution in [0.1, 0.15) is 13.3 Å². The van der Waals surface area contributed by atoms with Crippen molar-refractivity contribution in [3.05, 3.63) is 0 Å². The van der Waals surface area contributed by atoms with Crippen molar-refractivity contribution < 1.29 is 4.74 Å². The fourth-order valence-electron chi connectivity index (χ4n) is 1.56. The number of nitrogens with zero attached hydrogens (tertiary/aromatic N) is 2. The molecule has 3 N–H and O–H groups in total. The predicted octanol–water partition coefficient (Wildman–Crippen LogP) is -0.367. The molecule has 0 unspecified atom stereocenters. The number of morpholine rings is 1. The van der Waals surface area contributed by atoms with Gasteiger partial charge in [-0.2, -0.15) is 0 Å². The molecule has 0 saturated carbocycles. The lowest BCUT2D eigenvalue weighted by Crippen LogP contribution is -2.37. The van der Waals surface area contributed by atoms with E-state index in [0.29, 0.717) is 5.96 Å². The molecule has 0 radical (unpaired) electrons. The van der Waals surface area contributed by atoms with E-state index < -0.39 is 0 Å². The lowest BCUT2D eigenvalue weighted by Gasteiger charge is -2.26. The first kappa shape index (κ1) is 12.3. The van der Waals surface area contributed by atoms with E-state index in [2.05, 4.69) is 15.2 Å². The van der Waals surface area contributed by atoms with Gasteiger partial charge in [-0.25, -0.2) is 0 Å². The molecule has 1 aliphatic rings. The molecule has 15 heavy (non-hydrogen) atoms. The monoisotopic (exact) mass is 214 g/mol. The van der Waals surface area contributed by atoms with Gasteiger partial charge in [-0.15, -0.1) is 0 Å². The molecule has 88 valence electrons. The van der Waals surface area contributed by atoms with Crippen molar-refractivity contribution in [1.29, 1.82) is 0 Å². The summed E-state index contributed by atoms with van der Waals surface area (Å²) in [5.74, 6) is 0.555. The van der Waals surface area contributed by atoms with Crippen LogP contribution in [0.5, 0.6) is 0 Å². The third-order valence-electron chi connectivity index (χ3n) is 2.38. The molecule has 0 amide bonds. The van der Waals surface area contributed by atoms with Crippen molar-refractivity contribution in [2.45, 2.75) is 13.3 Å². The van der Waals surface area contributed by atoms with Crippen LogP contribution >= 0.6 is 0 Å². The van der Waals surface area contributed by atoms with Gasteiger partial charge < -0.3 is 15.8 Å². The molecule has 1 rings (SSSR count). The number of nitrogens with two attached hydrogens (primary N) is 1. The van der Waals surface area contributed by atoms with Crippen LogP contribution in [0.25, 0.3) is 0 Å². The van der Waals surface area contributed by atoms with Gasteiger partial charge in [0.05, 0.1) is 13.2 Å². The molecule has 0 aromatic rings. The van der Waals surface area contributed by atoms with Crippen molar-refractivity contribution in [1.82, 2.24) is 10.2 Å². The molecule has 1 heterocycles. The summed E-state index contributed by atoms with van der Waals surface area (Å²) in [6, 6.07) is 0. The number of aliphatic imine (C=N–C) groups is 1. The predicted molar refractivity (Wildman–Crippen MR) is 62.0 cm³/mol. The first-order valence-corrected chi connectivity index (χ1v) is 5.67. The second kappa shape index (κ2) is 7.48. The minimum Gasteiger partial charge on any atom is -0.379 e. The van der Waals surface area contributed by atoms with Crippen molar-refractivity contribution >= 4 is 5.96 Å². The van der Waals surface area contributed by atoms with Gasteiger partial charge >= 0.3 is 0 Å². The summed E-state index contributed by atoms with van der Waals surface area (Å²) in [6.45, 7) is 8.56.